The zero-order valence-corrected chi connectivity index (χ0v) is 15.5. The van der Waals surface area contributed by atoms with E-state index in [9.17, 15) is 9.18 Å². The second-order valence-electron chi connectivity index (χ2n) is 7.50. The number of halogens is 1. The average molecular weight is 372 g/mol. The molecule has 27 heavy (non-hydrogen) atoms. The topological polar surface area (TPSA) is 59.4 Å². The predicted molar refractivity (Wildman–Crippen MR) is 99.0 cm³/mol. The summed E-state index contributed by atoms with van der Waals surface area (Å²) in [6.07, 6.45) is 7.48. The van der Waals surface area contributed by atoms with Crippen molar-refractivity contribution in [3.8, 4) is 5.75 Å². The molecule has 0 spiro atoms. The molecule has 0 saturated carbocycles. The van der Waals surface area contributed by atoms with Crippen molar-refractivity contribution in [1.29, 1.82) is 0 Å². The van der Waals surface area contributed by atoms with Crippen LogP contribution in [0.2, 0.25) is 0 Å². The van der Waals surface area contributed by atoms with Gasteiger partial charge in [0.15, 0.2) is 0 Å². The highest BCUT2D eigenvalue weighted by Gasteiger charge is 2.29. The summed E-state index contributed by atoms with van der Waals surface area (Å²) in [5, 5.41) is 7.34. The van der Waals surface area contributed by atoms with Crippen LogP contribution in [0.25, 0.3) is 0 Å². The number of ether oxygens (including phenoxy) is 1. The number of amides is 2. The van der Waals surface area contributed by atoms with Crippen LogP contribution in [-0.4, -0.2) is 40.4 Å². The van der Waals surface area contributed by atoms with Gasteiger partial charge in [0.2, 0.25) is 0 Å². The van der Waals surface area contributed by atoms with Crippen molar-refractivity contribution in [2.45, 2.75) is 31.7 Å². The lowest BCUT2D eigenvalue weighted by molar-refractivity contribution is 0.202. The van der Waals surface area contributed by atoms with E-state index in [0.717, 1.165) is 44.3 Å². The normalized spacial score (nSPS) is 22.1. The maximum Gasteiger partial charge on any atom is 0.317 e. The molecule has 1 saturated heterocycles. The van der Waals surface area contributed by atoms with E-state index in [-0.39, 0.29) is 17.9 Å². The van der Waals surface area contributed by atoms with Crippen molar-refractivity contribution in [3.63, 3.8) is 0 Å². The van der Waals surface area contributed by atoms with Crippen LogP contribution in [0, 0.1) is 11.7 Å². The molecular formula is C20H25FN4O2. The minimum Gasteiger partial charge on any atom is -0.493 e. The fourth-order valence-corrected chi connectivity index (χ4v) is 4.03. The lowest BCUT2D eigenvalue weighted by atomic mass is 10.0. The maximum atomic E-state index is 13.5. The molecule has 2 unspecified atom stereocenters. The van der Waals surface area contributed by atoms with Gasteiger partial charge in [0.05, 0.1) is 18.8 Å². The van der Waals surface area contributed by atoms with Crippen LogP contribution in [-0.2, 0) is 13.5 Å². The summed E-state index contributed by atoms with van der Waals surface area (Å²) < 4.78 is 21.0. The number of nitrogens with one attached hydrogen (secondary N) is 1. The number of hydrogen-bond donors (Lipinski definition) is 1. The summed E-state index contributed by atoms with van der Waals surface area (Å²) in [6, 6.07) is 4.35. The number of carbonyl (C=O) groups is 1. The van der Waals surface area contributed by atoms with E-state index in [2.05, 4.69) is 10.4 Å². The number of aromatic nitrogens is 2. The number of likely N-dealkylation sites (tertiary alicyclic amines) is 1. The van der Waals surface area contributed by atoms with Gasteiger partial charge in [0, 0.05) is 38.0 Å². The van der Waals surface area contributed by atoms with Crippen molar-refractivity contribution >= 4 is 6.03 Å². The third-order valence-electron chi connectivity index (χ3n) is 5.40. The van der Waals surface area contributed by atoms with Crippen LogP contribution in [0.3, 0.4) is 0 Å². The first-order valence-electron chi connectivity index (χ1n) is 9.53. The third kappa shape index (κ3) is 4.07. The number of nitrogens with zero attached hydrogens (tertiary/aromatic N) is 3. The van der Waals surface area contributed by atoms with Crippen LogP contribution in [0.15, 0.2) is 30.6 Å². The number of aryl methyl sites for hydroxylation is 1. The molecule has 7 heteroatoms. The van der Waals surface area contributed by atoms with Crippen molar-refractivity contribution in [3.05, 3.63) is 47.5 Å². The number of urea groups is 1. The van der Waals surface area contributed by atoms with Gasteiger partial charge in [-0.25, -0.2) is 9.18 Å². The molecule has 1 fully saturated rings. The molecule has 1 aromatic carbocycles. The summed E-state index contributed by atoms with van der Waals surface area (Å²) in [5.41, 5.74) is 2.06. The Morgan fingerprint density at radius 1 is 1.41 bits per heavy atom. The second kappa shape index (κ2) is 7.58. The van der Waals surface area contributed by atoms with Gasteiger partial charge < -0.3 is 15.0 Å². The minimum absolute atomic E-state index is 0.0501. The van der Waals surface area contributed by atoms with E-state index < -0.39 is 0 Å². The summed E-state index contributed by atoms with van der Waals surface area (Å²) in [5.74, 6) is 0.672. The van der Waals surface area contributed by atoms with E-state index in [4.69, 9.17) is 4.74 Å². The van der Waals surface area contributed by atoms with E-state index in [1.165, 1.54) is 17.7 Å². The highest BCUT2D eigenvalue weighted by Crippen LogP contribution is 2.32. The Kier molecular flexibility index (Phi) is 5.01. The number of benzene rings is 1. The van der Waals surface area contributed by atoms with Gasteiger partial charge in [0.1, 0.15) is 11.6 Å². The molecule has 6 nitrogen and oxygen atoms in total. The molecule has 0 radical (unpaired) electrons. The standard InChI is InChI=1S/C20H25FN4O2/c1-24-12-15(11-22-24)9-14-6-7-25(13-14)20(26)23-18-3-2-8-27-19-10-16(21)4-5-17(18)19/h4-5,10-12,14,18H,2-3,6-9,13H2,1H3,(H,23,26). The molecule has 0 bridgehead atoms. The first-order valence-corrected chi connectivity index (χ1v) is 9.53. The largest absolute Gasteiger partial charge is 0.493 e. The Labute approximate surface area is 158 Å². The van der Waals surface area contributed by atoms with Gasteiger partial charge in [-0.1, -0.05) is 6.07 Å². The molecular weight excluding hydrogens is 347 g/mol. The fourth-order valence-electron chi connectivity index (χ4n) is 4.03. The van der Waals surface area contributed by atoms with Gasteiger partial charge in [-0.2, -0.15) is 5.10 Å². The second-order valence-corrected chi connectivity index (χ2v) is 7.50. The Balaban J connectivity index is 1.38. The number of fused-ring (bicyclic) bond motifs is 1. The molecule has 144 valence electrons. The molecule has 1 N–H and O–H groups in total. The molecule has 2 atom stereocenters. The van der Waals surface area contributed by atoms with Crippen LogP contribution in [0.1, 0.15) is 36.4 Å². The van der Waals surface area contributed by atoms with Gasteiger partial charge in [-0.3, -0.25) is 4.68 Å². The first kappa shape index (κ1) is 17.8. The molecule has 2 aliphatic heterocycles. The predicted octanol–water partition coefficient (Wildman–Crippen LogP) is 3.05. The molecule has 4 rings (SSSR count). The van der Waals surface area contributed by atoms with Crippen LogP contribution in [0.5, 0.6) is 5.75 Å². The lowest BCUT2D eigenvalue weighted by Crippen LogP contribution is -2.40. The molecule has 2 aliphatic rings. The Morgan fingerprint density at radius 2 is 2.30 bits per heavy atom. The zero-order chi connectivity index (χ0) is 18.8. The SMILES string of the molecule is Cn1cc(CC2CCN(C(=O)NC3CCCOc4cc(F)ccc43)C2)cn1. The third-order valence-corrected chi connectivity index (χ3v) is 5.40. The number of rotatable bonds is 3. The van der Waals surface area contributed by atoms with E-state index in [1.54, 1.807) is 6.07 Å². The molecule has 1 aromatic heterocycles. The fraction of sp³-hybridized carbons (Fsp3) is 0.500. The number of hydrogen-bond acceptors (Lipinski definition) is 3. The zero-order valence-electron chi connectivity index (χ0n) is 15.5. The van der Waals surface area contributed by atoms with Crippen molar-refractivity contribution in [1.82, 2.24) is 20.0 Å². The highest BCUT2D eigenvalue weighted by molar-refractivity contribution is 5.75. The van der Waals surface area contributed by atoms with E-state index >= 15 is 0 Å². The van der Waals surface area contributed by atoms with Gasteiger partial charge in [-0.15, -0.1) is 0 Å². The number of carbonyl (C=O) groups excluding carboxylic acids is 1. The lowest BCUT2D eigenvalue weighted by Gasteiger charge is -2.23. The monoisotopic (exact) mass is 372 g/mol. The van der Waals surface area contributed by atoms with Gasteiger partial charge >= 0.3 is 6.03 Å². The molecule has 3 heterocycles. The maximum absolute atomic E-state index is 13.5. The van der Waals surface area contributed by atoms with Crippen molar-refractivity contribution < 1.29 is 13.9 Å². The summed E-state index contributed by atoms with van der Waals surface area (Å²) >= 11 is 0. The van der Waals surface area contributed by atoms with Crippen molar-refractivity contribution in [2.24, 2.45) is 13.0 Å². The van der Waals surface area contributed by atoms with Gasteiger partial charge in [0.25, 0.3) is 0 Å². The van der Waals surface area contributed by atoms with E-state index in [1.807, 2.05) is 29.0 Å². The molecule has 2 aromatic rings. The highest BCUT2D eigenvalue weighted by atomic mass is 19.1. The first-order chi connectivity index (χ1) is 13.1. The Morgan fingerprint density at radius 3 is 3.11 bits per heavy atom. The van der Waals surface area contributed by atoms with Crippen LogP contribution < -0.4 is 10.1 Å². The smallest absolute Gasteiger partial charge is 0.317 e. The van der Waals surface area contributed by atoms with E-state index in [0.29, 0.717) is 18.3 Å². The van der Waals surface area contributed by atoms with Crippen molar-refractivity contribution in [2.75, 3.05) is 19.7 Å². The molecule has 0 aliphatic carbocycles. The van der Waals surface area contributed by atoms with Crippen LogP contribution in [0.4, 0.5) is 9.18 Å². The average Bonchev–Trinajstić information content (AvgIpc) is 3.22. The molecule has 2 amide bonds. The summed E-state index contributed by atoms with van der Waals surface area (Å²) in [7, 11) is 1.91. The Hall–Kier alpha value is -2.57. The van der Waals surface area contributed by atoms with Gasteiger partial charge in [-0.05, 0) is 43.2 Å². The minimum atomic E-state index is -0.321. The summed E-state index contributed by atoms with van der Waals surface area (Å²) in [4.78, 5) is 14.7. The Bertz CT molecular complexity index is 822. The van der Waals surface area contributed by atoms with Crippen LogP contribution >= 0.6 is 0 Å². The quantitative estimate of drug-likeness (QED) is 0.901. The summed E-state index contributed by atoms with van der Waals surface area (Å²) in [6.45, 7) is 2.05.